The van der Waals surface area contributed by atoms with Crippen molar-refractivity contribution in [3.05, 3.63) is 52.4 Å². The maximum atomic E-state index is 12.5. The first kappa shape index (κ1) is 17.9. The lowest BCUT2D eigenvalue weighted by Crippen LogP contribution is -2.23. The van der Waals surface area contributed by atoms with Crippen LogP contribution in [0.4, 0.5) is 5.82 Å². The van der Waals surface area contributed by atoms with E-state index in [9.17, 15) is 4.79 Å². The van der Waals surface area contributed by atoms with Crippen LogP contribution in [0.5, 0.6) is 0 Å². The van der Waals surface area contributed by atoms with Gasteiger partial charge in [0.05, 0.1) is 20.8 Å². The van der Waals surface area contributed by atoms with Crippen molar-refractivity contribution >= 4 is 57.6 Å². The first-order chi connectivity index (χ1) is 11.9. The van der Waals surface area contributed by atoms with E-state index in [1.165, 1.54) is 24.0 Å². The molecule has 0 spiro atoms. The molecule has 0 saturated carbocycles. The number of aryl methyl sites for hydroxylation is 1. The van der Waals surface area contributed by atoms with Gasteiger partial charge in [-0.3, -0.25) is 4.79 Å². The van der Waals surface area contributed by atoms with Gasteiger partial charge in [0.1, 0.15) is 10.9 Å². The van der Waals surface area contributed by atoms with Crippen LogP contribution in [0.15, 0.2) is 41.6 Å². The average Bonchev–Trinajstić information content (AvgIpc) is 2.57. The molecule has 2 heterocycles. The molecule has 1 atom stereocenters. The zero-order valence-electron chi connectivity index (χ0n) is 13.5. The lowest BCUT2D eigenvalue weighted by molar-refractivity contribution is -0.115. The molecule has 2 aromatic heterocycles. The van der Waals surface area contributed by atoms with Crippen LogP contribution in [0.2, 0.25) is 10.0 Å². The SMILES string of the molecule is Cc1nc(SC(C)C(=O)Nc2ncc(Cl)cc2Cl)c2ccccc2n1. The summed E-state index contributed by atoms with van der Waals surface area (Å²) in [7, 11) is 0. The van der Waals surface area contributed by atoms with Crippen molar-refractivity contribution < 1.29 is 4.79 Å². The number of rotatable bonds is 4. The Morgan fingerprint density at radius 3 is 2.76 bits per heavy atom. The number of benzene rings is 1. The Kier molecular flexibility index (Phi) is 5.42. The summed E-state index contributed by atoms with van der Waals surface area (Å²) < 4.78 is 0. The molecule has 25 heavy (non-hydrogen) atoms. The molecule has 1 N–H and O–H groups in total. The monoisotopic (exact) mass is 392 g/mol. The van der Waals surface area contributed by atoms with Crippen molar-refractivity contribution in [3.8, 4) is 0 Å². The van der Waals surface area contributed by atoms with Crippen molar-refractivity contribution in [2.75, 3.05) is 5.32 Å². The Hall–Kier alpha value is -1.89. The maximum Gasteiger partial charge on any atom is 0.238 e. The Morgan fingerprint density at radius 2 is 2.00 bits per heavy atom. The number of nitrogens with zero attached hydrogens (tertiary/aromatic N) is 3. The molecule has 0 fully saturated rings. The number of thioether (sulfide) groups is 1. The molecule has 0 radical (unpaired) electrons. The first-order valence-electron chi connectivity index (χ1n) is 7.46. The third-order valence-corrected chi connectivity index (χ3v) is 4.98. The average molecular weight is 393 g/mol. The van der Waals surface area contributed by atoms with Gasteiger partial charge in [0.25, 0.3) is 0 Å². The van der Waals surface area contributed by atoms with Crippen LogP contribution in [0.25, 0.3) is 10.9 Å². The standard InChI is InChI=1S/C17H14Cl2N4OS/c1-9(16(24)23-15-13(19)7-11(18)8-20-15)25-17-12-5-3-4-6-14(12)21-10(2)22-17/h3-9H,1-2H3,(H,20,23,24). The Balaban J connectivity index is 1.80. The fraction of sp³-hybridized carbons (Fsp3) is 0.176. The number of pyridine rings is 1. The number of anilines is 1. The Labute approximate surface area is 159 Å². The number of fused-ring (bicyclic) bond motifs is 1. The van der Waals surface area contributed by atoms with E-state index in [2.05, 4.69) is 20.3 Å². The van der Waals surface area contributed by atoms with Crippen LogP contribution in [0.1, 0.15) is 12.7 Å². The molecule has 5 nitrogen and oxygen atoms in total. The van der Waals surface area contributed by atoms with Crippen molar-refractivity contribution in [2.45, 2.75) is 24.1 Å². The smallest absolute Gasteiger partial charge is 0.238 e. The molecule has 1 aromatic carbocycles. The van der Waals surface area contributed by atoms with Crippen LogP contribution in [0.3, 0.4) is 0 Å². The number of para-hydroxylation sites is 1. The number of hydrogen-bond acceptors (Lipinski definition) is 5. The summed E-state index contributed by atoms with van der Waals surface area (Å²) in [5.41, 5.74) is 0.854. The van der Waals surface area contributed by atoms with E-state index in [1.807, 2.05) is 31.2 Å². The second-order valence-electron chi connectivity index (χ2n) is 5.33. The summed E-state index contributed by atoms with van der Waals surface area (Å²) in [4.78, 5) is 25.4. The minimum atomic E-state index is -0.397. The number of aromatic nitrogens is 3. The third kappa shape index (κ3) is 4.21. The zero-order valence-corrected chi connectivity index (χ0v) is 15.8. The number of carbonyl (C=O) groups is 1. The molecular formula is C17H14Cl2N4OS. The fourth-order valence-electron chi connectivity index (χ4n) is 2.19. The van der Waals surface area contributed by atoms with Gasteiger partial charge in [0, 0.05) is 11.6 Å². The van der Waals surface area contributed by atoms with Crippen molar-refractivity contribution in [3.63, 3.8) is 0 Å². The second kappa shape index (κ2) is 7.56. The van der Waals surface area contributed by atoms with Gasteiger partial charge in [0.15, 0.2) is 5.82 Å². The fourth-order valence-corrected chi connectivity index (χ4v) is 3.61. The normalized spacial score (nSPS) is 12.2. The molecule has 0 aliphatic heterocycles. The summed E-state index contributed by atoms with van der Waals surface area (Å²) in [6, 6.07) is 9.25. The van der Waals surface area contributed by atoms with E-state index in [-0.39, 0.29) is 11.7 Å². The molecule has 0 aliphatic carbocycles. The lowest BCUT2D eigenvalue weighted by atomic mass is 10.2. The zero-order chi connectivity index (χ0) is 18.0. The Morgan fingerprint density at radius 1 is 1.24 bits per heavy atom. The number of amides is 1. The van der Waals surface area contributed by atoms with Crippen LogP contribution >= 0.6 is 35.0 Å². The van der Waals surface area contributed by atoms with E-state index in [1.54, 1.807) is 6.92 Å². The number of halogens is 2. The predicted octanol–water partition coefficient (Wildman–Crippen LogP) is 4.76. The van der Waals surface area contributed by atoms with E-state index in [0.29, 0.717) is 15.9 Å². The van der Waals surface area contributed by atoms with Crippen molar-refractivity contribution in [2.24, 2.45) is 0 Å². The number of carbonyl (C=O) groups excluding carboxylic acids is 1. The minimum Gasteiger partial charge on any atom is -0.308 e. The van der Waals surface area contributed by atoms with Gasteiger partial charge in [0.2, 0.25) is 5.91 Å². The summed E-state index contributed by atoms with van der Waals surface area (Å²) in [5.74, 6) is 0.727. The first-order valence-corrected chi connectivity index (χ1v) is 9.09. The lowest BCUT2D eigenvalue weighted by Gasteiger charge is -2.13. The molecule has 8 heteroatoms. The number of hydrogen-bond donors (Lipinski definition) is 1. The predicted molar refractivity (Wildman–Crippen MR) is 102 cm³/mol. The molecule has 3 aromatic rings. The van der Waals surface area contributed by atoms with Gasteiger partial charge in [-0.1, -0.05) is 53.2 Å². The minimum absolute atomic E-state index is 0.220. The second-order valence-corrected chi connectivity index (χ2v) is 7.50. The van der Waals surface area contributed by atoms with Crippen molar-refractivity contribution in [1.29, 1.82) is 0 Å². The highest BCUT2D eigenvalue weighted by Crippen LogP contribution is 2.30. The maximum absolute atomic E-state index is 12.5. The highest BCUT2D eigenvalue weighted by molar-refractivity contribution is 8.00. The third-order valence-electron chi connectivity index (χ3n) is 3.39. The van der Waals surface area contributed by atoms with Crippen molar-refractivity contribution in [1.82, 2.24) is 15.0 Å². The molecule has 128 valence electrons. The number of nitrogens with one attached hydrogen (secondary N) is 1. The topological polar surface area (TPSA) is 67.8 Å². The van der Waals surface area contributed by atoms with E-state index < -0.39 is 5.25 Å². The largest absolute Gasteiger partial charge is 0.308 e. The molecule has 3 rings (SSSR count). The molecular weight excluding hydrogens is 379 g/mol. The van der Waals surface area contributed by atoms with Crippen LogP contribution < -0.4 is 5.32 Å². The molecule has 0 saturated heterocycles. The molecule has 0 bridgehead atoms. The molecule has 1 amide bonds. The Bertz CT molecular complexity index is 951. The van der Waals surface area contributed by atoms with Gasteiger partial charge in [-0.25, -0.2) is 15.0 Å². The van der Waals surface area contributed by atoms with Crippen LogP contribution in [-0.2, 0) is 4.79 Å². The van der Waals surface area contributed by atoms with Gasteiger partial charge in [-0.15, -0.1) is 0 Å². The molecule has 1 unspecified atom stereocenters. The highest BCUT2D eigenvalue weighted by Gasteiger charge is 2.19. The van der Waals surface area contributed by atoms with Gasteiger partial charge in [-0.05, 0) is 26.0 Å². The van der Waals surface area contributed by atoms with Gasteiger partial charge >= 0.3 is 0 Å². The summed E-state index contributed by atoms with van der Waals surface area (Å²) in [6.45, 7) is 3.63. The van der Waals surface area contributed by atoms with E-state index in [0.717, 1.165) is 15.9 Å². The van der Waals surface area contributed by atoms with Gasteiger partial charge < -0.3 is 5.32 Å². The van der Waals surface area contributed by atoms with Crippen LogP contribution in [0, 0.1) is 6.92 Å². The summed E-state index contributed by atoms with van der Waals surface area (Å²) >= 11 is 13.2. The molecule has 0 aliphatic rings. The van der Waals surface area contributed by atoms with Gasteiger partial charge in [-0.2, -0.15) is 0 Å². The van der Waals surface area contributed by atoms with E-state index >= 15 is 0 Å². The highest BCUT2D eigenvalue weighted by atomic mass is 35.5. The van der Waals surface area contributed by atoms with E-state index in [4.69, 9.17) is 23.2 Å². The van der Waals surface area contributed by atoms with Crippen LogP contribution in [-0.4, -0.2) is 26.1 Å². The quantitative estimate of drug-likeness (QED) is 0.511. The summed E-state index contributed by atoms with van der Waals surface area (Å²) in [5, 5.41) is 4.70. The summed E-state index contributed by atoms with van der Waals surface area (Å²) in [6.07, 6.45) is 1.43.